The topological polar surface area (TPSA) is 53.3 Å². The van der Waals surface area contributed by atoms with Crippen molar-refractivity contribution in [1.29, 1.82) is 0 Å². The molecule has 1 aliphatic heterocycles. The van der Waals surface area contributed by atoms with E-state index in [1.54, 1.807) is 29.9 Å². The van der Waals surface area contributed by atoms with Gasteiger partial charge in [-0.05, 0) is 44.0 Å². The van der Waals surface area contributed by atoms with Crippen molar-refractivity contribution in [3.8, 4) is 5.75 Å². The second kappa shape index (κ2) is 8.78. The predicted molar refractivity (Wildman–Crippen MR) is 117 cm³/mol. The van der Waals surface area contributed by atoms with Gasteiger partial charge in [0.2, 0.25) is 0 Å². The molecule has 2 heterocycles. The van der Waals surface area contributed by atoms with E-state index in [4.69, 9.17) is 26.1 Å². The van der Waals surface area contributed by atoms with Crippen LogP contribution in [0.15, 0.2) is 46.3 Å². The number of aryl methyl sites for hydroxylation is 1. The van der Waals surface area contributed by atoms with Crippen LogP contribution in [0.4, 0.5) is 0 Å². The molecule has 0 radical (unpaired) electrons. The lowest BCUT2D eigenvalue weighted by Gasteiger charge is -2.17. The third-order valence-electron chi connectivity index (χ3n) is 5.09. The largest absolute Gasteiger partial charge is 0.496 e. The van der Waals surface area contributed by atoms with Crippen molar-refractivity contribution in [1.82, 2.24) is 9.55 Å². The van der Waals surface area contributed by atoms with E-state index in [0.29, 0.717) is 33.4 Å². The highest BCUT2D eigenvalue weighted by atomic mass is 35.5. The SMILES string of the molecule is COc1ccc(C)cc1CSc1nc2cc(Cl)ccc2c(=O)n1C[C@@H]1CCCO1. The Bertz CT molecular complexity index is 1090. The molecule has 1 saturated heterocycles. The van der Waals surface area contributed by atoms with Gasteiger partial charge in [0.05, 0.1) is 30.7 Å². The van der Waals surface area contributed by atoms with Crippen LogP contribution in [0.5, 0.6) is 5.75 Å². The lowest BCUT2D eigenvalue weighted by Crippen LogP contribution is -2.28. The Hall–Kier alpha value is -2.02. The third-order valence-corrected chi connectivity index (χ3v) is 6.35. The summed E-state index contributed by atoms with van der Waals surface area (Å²) in [7, 11) is 1.67. The molecule has 0 saturated carbocycles. The zero-order valence-corrected chi connectivity index (χ0v) is 18.1. The van der Waals surface area contributed by atoms with Crippen LogP contribution in [0.25, 0.3) is 10.9 Å². The Balaban J connectivity index is 1.73. The summed E-state index contributed by atoms with van der Waals surface area (Å²) in [5.41, 5.74) is 2.80. The molecular weight excluding hydrogens is 408 g/mol. The van der Waals surface area contributed by atoms with Gasteiger partial charge in [0, 0.05) is 22.9 Å². The van der Waals surface area contributed by atoms with Gasteiger partial charge in [-0.1, -0.05) is 41.1 Å². The van der Waals surface area contributed by atoms with Gasteiger partial charge in [-0.15, -0.1) is 0 Å². The first-order chi connectivity index (χ1) is 14.0. The number of rotatable bonds is 6. The van der Waals surface area contributed by atoms with E-state index in [2.05, 4.69) is 13.0 Å². The highest BCUT2D eigenvalue weighted by Gasteiger charge is 2.20. The van der Waals surface area contributed by atoms with Gasteiger partial charge in [-0.3, -0.25) is 9.36 Å². The van der Waals surface area contributed by atoms with Crippen LogP contribution in [0.3, 0.4) is 0 Å². The summed E-state index contributed by atoms with van der Waals surface area (Å²) >= 11 is 7.67. The summed E-state index contributed by atoms with van der Waals surface area (Å²) in [6.07, 6.45) is 2.03. The molecule has 7 heteroatoms. The second-order valence-corrected chi connectivity index (χ2v) is 8.59. The smallest absolute Gasteiger partial charge is 0.262 e. The number of nitrogens with zero attached hydrogens (tertiary/aromatic N) is 2. The fraction of sp³-hybridized carbons (Fsp3) is 0.364. The van der Waals surface area contributed by atoms with Crippen molar-refractivity contribution in [2.24, 2.45) is 0 Å². The molecule has 4 rings (SSSR count). The van der Waals surface area contributed by atoms with E-state index in [-0.39, 0.29) is 11.7 Å². The van der Waals surface area contributed by atoms with Crippen molar-refractivity contribution in [2.45, 2.75) is 43.3 Å². The van der Waals surface area contributed by atoms with Gasteiger partial charge in [0.15, 0.2) is 5.16 Å². The summed E-state index contributed by atoms with van der Waals surface area (Å²) in [6, 6.07) is 11.3. The number of hydrogen-bond donors (Lipinski definition) is 0. The molecule has 2 aromatic carbocycles. The maximum absolute atomic E-state index is 13.2. The minimum Gasteiger partial charge on any atom is -0.496 e. The summed E-state index contributed by atoms with van der Waals surface area (Å²) in [4.78, 5) is 18.0. The van der Waals surface area contributed by atoms with Crippen LogP contribution in [0, 0.1) is 6.92 Å². The summed E-state index contributed by atoms with van der Waals surface area (Å²) in [5, 5.41) is 1.81. The monoisotopic (exact) mass is 430 g/mol. The number of halogens is 1. The van der Waals surface area contributed by atoms with Crippen molar-refractivity contribution in [3.05, 3.63) is 62.9 Å². The van der Waals surface area contributed by atoms with E-state index >= 15 is 0 Å². The van der Waals surface area contributed by atoms with E-state index in [1.807, 2.05) is 12.1 Å². The maximum atomic E-state index is 13.2. The summed E-state index contributed by atoms with van der Waals surface area (Å²) < 4.78 is 13.0. The molecule has 1 atom stereocenters. The van der Waals surface area contributed by atoms with E-state index in [9.17, 15) is 4.79 Å². The molecule has 0 spiro atoms. The van der Waals surface area contributed by atoms with Crippen LogP contribution >= 0.6 is 23.4 Å². The molecule has 152 valence electrons. The fourth-order valence-corrected chi connectivity index (χ4v) is 4.75. The van der Waals surface area contributed by atoms with Gasteiger partial charge >= 0.3 is 0 Å². The number of thioether (sulfide) groups is 1. The number of hydrogen-bond acceptors (Lipinski definition) is 5. The molecular formula is C22H23ClN2O3S. The van der Waals surface area contributed by atoms with Crippen molar-refractivity contribution in [3.63, 3.8) is 0 Å². The molecule has 1 aromatic heterocycles. The molecule has 1 fully saturated rings. The number of benzene rings is 2. The molecule has 29 heavy (non-hydrogen) atoms. The zero-order valence-electron chi connectivity index (χ0n) is 16.5. The Morgan fingerprint density at radius 2 is 2.17 bits per heavy atom. The maximum Gasteiger partial charge on any atom is 0.262 e. The standard InChI is InChI=1S/C22H23ClN2O3S/c1-14-5-8-20(27-2)15(10-14)13-29-22-24-19-11-16(23)6-7-18(19)21(26)25(22)12-17-4-3-9-28-17/h5-8,10-11,17H,3-4,9,12-13H2,1-2H3/t17-/m0/s1. The van der Waals surface area contributed by atoms with Crippen molar-refractivity contribution >= 4 is 34.3 Å². The molecule has 0 unspecified atom stereocenters. The lowest BCUT2D eigenvalue weighted by molar-refractivity contribution is 0.0937. The normalized spacial score (nSPS) is 16.4. The van der Waals surface area contributed by atoms with Gasteiger partial charge < -0.3 is 9.47 Å². The molecule has 0 N–H and O–H groups in total. The van der Waals surface area contributed by atoms with Gasteiger partial charge in [0.1, 0.15) is 5.75 Å². The molecule has 3 aromatic rings. The molecule has 5 nitrogen and oxygen atoms in total. The Kier molecular flexibility index (Phi) is 6.13. The van der Waals surface area contributed by atoms with Crippen molar-refractivity contribution < 1.29 is 9.47 Å². The first kappa shape index (κ1) is 20.3. The second-order valence-electron chi connectivity index (χ2n) is 7.21. The molecule has 0 amide bonds. The average Bonchev–Trinajstić information content (AvgIpc) is 3.22. The highest BCUT2D eigenvalue weighted by molar-refractivity contribution is 7.98. The zero-order chi connectivity index (χ0) is 20.4. The predicted octanol–water partition coefficient (Wildman–Crippen LogP) is 4.84. The lowest BCUT2D eigenvalue weighted by atomic mass is 10.1. The number of methoxy groups -OCH3 is 1. The van der Waals surface area contributed by atoms with Gasteiger partial charge in [-0.25, -0.2) is 4.98 Å². The average molecular weight is 431 g/mol. The Labute approximate surface area is 179 Å². The van der Waals surface area contributed by atoms with Crippen LogP contribution in [-0.2, 0) is 17.0 Å². The van der Waals surface area contributed by atoms with Crippen LogP contribution in [0.1, 0.15) is 24.0 Å². The molecule has 1 aliphatic rings. The first-order valence-electron chi connectivity index (χ1n) is 9.63. The van der Waals surface area contributed by atoms with E-state index < -0.39 is 0 Å². The summed E-state index contributed by atoms with van der Waals surface area (Å²) in [5.74, 6) is 1.48. The minimum absolute atomic E-state index is 0.0482. The van der Waals surface area contributed by atoms with Crippen LogP contribution in [-0.4, -0.2) is 29.4 Å². The first-order valence-corrected chi connectivity index (χ1v) is 11.0. The van der Waals surface area contributed by atoms with E-state index in [1.165, 1.54) is 11.8 Å². The quantitative estimate of drug-likeness (QED) is 0.413. The number of aromatic nitrogens is 2. The molecule has 0 aliphatic carbocycles. The Morgan fingerprint density at radius 1 is 1.31 bits per heavy atom. The van der Waals surface area contributed by atoms with Gasteiger partial charge in [0.25, 0.3) is 5.56 Å². The van der Waals surface area contributed by atoms with Crippen molar-refractivity contribution in [2.75, 3.05) is 13.7 Å². The highest BCUT2D eigenvalue weighted by Crippen LogP contribution is 2.29. The number of fused-ring (bicyclic) bond motifs is 1. The molecule has 0 bridgehead atoms. The van der Waals surface area contributed by atoms with Crippen LogP contribution < -0.4 is 10.3 Å². The van der Waals surface area contributed by atoms with Crippen LogP contribution in [0.2, 0.25) is 5.02 Å². The number of ether oxygens (including phenoxy) is 2. The Morgan fingerprint density at radius 3 is 2.93 bits per heavy atom. The third kappa shape index (κ3) is 4.44. The van der Waals surface area contributed by atoms with E-state index in [0.717, 1.165) is 36.3 Å². The summed E-state index contributed by atoms with van der Waals surface area (Å²) in [6.45, 7) is 3.31. The minimum atomic E-state index is -0.0547. The fourth-order valence-electron chi connectivity index (χ4n) is 3.60. The van der Waals surface area contributed by atoms with Gasteiger partial charge in [-0.2, -0.15) is 0 Å².